The van der Waals surface area contributed by atoms with Crippen molar-refractivity contribution in [2.45, 2.75) is 19.3 Å². The summed E-state index contributed by atoms with van der Waals surface area (Å²) in [5.41, 5.74) is 7.96. The lowest BCUT2D eigenvalue weighted by molar-refractivity contribution is 0.199. The first-order chi connectivity index (χ1) is 8.74. The van der Waals surface area contributed by atoms with Crippen LogP contribution in [-0.2, 0) is 0 Å². The highest BCUT2D eigenvalue weighted by atomic mass is 16.3. The Morgan fingerprint density at radius 3 is 2.89 bits per heavy atom. The number of rotatable bonds is 4. The Balaban J connectivity index is 1.99. The fourth-order valence-corrected chi connectivity index (χ4v) is 2.64. The lowest BCUT2D eigenvalue weighted by Crippen LogP contribution is -2.21. The van der Waals surface area contributed by atoms with E-state index in [1.165, 1.54) is 6.42 Å². The Labute approximate surface area is 107 Å². The van der Waals surface area contributed by atoms with E-state index in [0.717, 1.165) is 25.1 Å². The Kier molecular flexibility index (Phi) is 4.06. The van der Waals surface area contributed by atoms with E-state index < -0.39 is 0 Å². The van der Waals surface area contributed by atoms with Gasteiger partial charge < -0.3 is 16.2 Å². The first-order valence-electron chi connectivity index (χ1n) is 6.39. The molecule has 0 saturated heterocycles. The number of aliphatic hydroxyl groups is 1. The van der Waals surface area contributed by atoms with Gasteiger partial charge in [-0.3, -0.25) is 0 Å². The molecular weight excluding hydrogens is 226 g/mol. The summed E-state index contributed by atoms with van der Waals surface area (Å²) in [6.45, 7) is 1.07. The molecule has 2 unspecified atom stereocenters. The molecule has 0 amide bonds. The van der Waals surface area contributed by atoms with Crippen LogP contribution in [0, 0.1) is 23.2 Å². The van der Waals surface area contributed by atoms with Gasteiger partial charge in [-0.25, -0.2) is 0 Å². The number of nitriles is 1. The van der Waals surface area contributed by atoms with Gasteiger partial charge in [0, 0.05) is 13.2 Å². The minimum atomic E-state index is 0.264. The fraction of sp³-hybridized carbons (Fsp3) is 0.500. The minimum Gasteiger partial charge on any atom is -0.397 e. The molecule has 0 spiro atoms. The van der Waals surface area contributed by atoms with Gasteiger partial charge in [0.25, 0.3) is 0 Å². The van der Waals surface area contributed by atoms with Gasteiger partial charge in [0.05, 0.1) is 23.0 Å². The lowest BCUT2D eigenvalue weighted by Gasteiger charge is -2.19. The smallest absolute Gasteiger partial charge is 0.0992 e. The van der Waals surface area contributed by atoms with Crippen LogP contribution in [0.1, 0.15) is 24.8 Å². The van der Waals surface area contributed by atoms with Crippen LogP contribution in [0.2, 0.25) is 0 Å². The van der Waals surface area contributed by atoms with E-state index in [1.807, 2.05) is 0 Å². The van der Waals surface area contributed by atoms with Crippen molar-refractivity contribution in [1.82, 2.24) is 0 Å². The number of nitrogen functional groups attached to an aromatic ring is 1. The summed E-state index contributed by atoms with van der Waals surface area (Å²) in [7, 11) is 0. The van der Waals surface area contributed by atoms with Gasteiger partial charge in [0.2, 0.25) is 0 Å². The SMILES string of the molecule is N#Cc1ccc(N)c(NCC2CCCC2CO)c1. The highest BCUT2D eigenvalue weighted by Gasteiger charge is 2.26. The monoisotopic (exact) mass is 245 g/mol. The van der Waals surface area contributed by atoms with Crippen LogP contribution >= 0.6 is 0 Å². The van der Waals surface area contributed by atoms with Crippen molar-refractivity contribution in [2.24, 2.45) is 11.8 Å². The zero-order valence-corrected chi connectivity index (χ0v) is 10.4. The van der Waals surface area contributed by atoms with Gasteiger partial charge >= 0.3 is 0 Å². The summed E-state index contributed by atoms with van der Waals surface area (Å²) in [6, 6.07) is 7.35. The molecule has 0 aromatic heterocycles. The summed E-state index contributed by atoms with van der Waals surface area (Å²) in [4.78, 5) is 0. The summed E-state index contributed by atoms with van der Waals surface area (Å²) in [5.74, 6) is 0.901. The number of benzene rings is 1. The summed E-state index contributed by atoms with van der Waals surface area (Å²) >= 11 is 0. The Morgan fingerprint density at radius 2 is 2.17 bits per heavy atom. The van der Waals surface area contributed by atoms with Gasteiger partial charge in [-0.2, -0.15) is 5.26 Å². The maximum atomic E-state index is 9.27. The zero-order chi connectivity index (χ0) is 13.0. The maximum absolute atomic E-state index is 9.27. The molecule has 1 fully saturated rings. The van der Waals surface area contributed by atoms with Crippen molar-refractivity contribution >= 4 is 11.4 Å². The van der Waals surface area contributed by atoms with Crippen molar-refractivity contribution in [3.8, 4) is 6.07 Å². The van der Waals surface area contributed by atoms with Crippen molar-refractivity contribution in [3.63, 3.8) is 0 Å². The zero-order valence-electron chi connectivity index (χ0n) is 10.4. The highest BCUT2D eigenvalue weighted by Crippen LogP contribution is 2.32. The second kappa shape index (κ2) is 5.74. The van der Waals surface area contributed by atoms with Gasteiger partial charge in [-0.1, -0.05) is 6.42 Å². The molecule has 96 valence electrons. The van der Waals surface area contributed by atoms with Crippen molar-refractivity contribution in [2.75, 3.05) is 24.2 Å². The van der Waals surface area contributed by atoms with E-state index in [-0.39, 0.29) is 6.61 Å². The second-order valence-corrected chi connectivity index (χ2v) is 4.93. The maximum Gasteiger partial charge on any atom is 0.0992 e. The predicted octanol–water partition coefficient (Wildman–Crippen LogP) is 1.96. The van der Waals surface area contributed by atoms with Gasteiger partial charge in [0.1, 0.15) is 0 Å². The van der Waals surface area contributed by atoms with Crippen LogP contribution in [0.4, 0.5) is 11.4 Å². The molecule has 0 heterocycles. The van der Waals surface area contributed by atoms with E-state index in [9.17, 15) is 5.11 Å². The Morgan fingerprint density at radius 1 is 1.39 bits per heavy atom. The Hall–Kier alpha value is -1.73. The molecule has 1 aliphatic rings. The van der Waals surface area contributed by atoms with Crippen LogP contribution in [0.15, 0.2) is 18.2 Å². The van der Waals surface area contributed by atoms with E-state index in [0.29, 0.717) is 23.1 Å². The van der Waals surface area contributed by atoms with E-state index in [4.69, 9.17) is 11.0 Å². The summed E-state index contributed by atoms with van der Waals surface area (Å²) < 4.78 is 0. The first-order valence-corrected chi connectivity index (χ1v) is 6.39. The number of hydrogen-bond acceptors (Lipinski definition) is 4. The molecule has 1 aromatic carbocycles. The van der Waals surface area contributed by atoms with Crippen LogP contribution in [0.25, 0.3) is 0 Å². The molecule has 1 saturated carbocycles. The van der Waals surface area contributed by atoms with E-state index >= 15 is 0 Å². The average molecular weight is 245 g/mol. The molecule has 2 atom stereocenters. The molecule has 1 aromatic rings. The van der Waals surface area contributed by atoms with E-state index in [2.05, 4.69) is 11.4 Å². The van der Waals surface area contributed by atoms with E-state index in [1.54, 1.807) is 18.2 Å². The number of aliphatic hydroxyl groups excluding tert-OH is 1. The Bertz CT molecular complexity index is 453. The molecule has 1 aliphatic carbocycles. The molecular formula is C14H19N3O. The van der Waals surface area contributed by atoms with Gasteiger partial charge in [-0.15, -0.1) is 0 Å². The van der Waals surface area contributed by atoms with Crippen molar-refractivity contribution in [1.29, 1.82) is 5.26 Å². The molecule has 4 N–H and O–H groups in total. The molecule has 0 radical (unpaired) electrons. The number of hydrogen-bond donors (Lipinski definition) is 3. The third kappa shape index (κ3) is 2.74. The standard InChI is InChI=1S/C14H19N3O/c15-7-10-4-5-13(16)14(6-10)17-8-11-2-1-3-12(11)9-18/h4-6,11-12,17-18H,1-3,8-9,16H2. The summed E-state index contributed by atoms with van der Waals surface area (Å²) in [6.07, 6.45) is 3.44. The van der Waals surface area contributed by atoms with Gasteiger partial charge in [-0.05, 0) is 42.9 Å². The topological polar surface area (TPSA) is 82.1 Å². The molecule has 2 rings (SSSR count). The normalized spacial score (nSPS) is 22.7. The predicted molar refractivity (Wildman–Crippen MR) is 72.0 cm³/mol. The number of nitrogens with zero attached hydrogens (tertiary/aromatic N) is 1. The third-order valence-corrected chi connectivity index (χ3v) is 3.79. The van der Waals surface area contributed by atoms with Crippen molar-refractivity contribution in [3.05, 3.63) is 23.8 Å². The number of anilines is 2. The van der Waals surface area contributed by atoms with Crippen molar-refractivity contribution < 1.29 is 5.11 Å². The number of nitrogens with one attached hydrogen (secondary N) is 1. The van der Waals surface area contributed by atoms with Gasteiger partial charge in [0.15, 0.2) is 0 Å². The molecule has 4 nitrogen and oxygen atoms in total. The molecule has 0 bridgehead atoms. The van der Waals surface area contributed by atoms with Crippen LogP contribution in [-0.4, -0.2) is 18.3 Å². The van der Waals surface area contributed by atoms with Crippen LogP contribution < -0.4 is 11.1 Å². The average Bonchev–Trinajstić information content (AvgIpc) is 2.85. The number of nitrogens with two attached hydrogens (primary N) is 1. The quantitative estimate of drug-likeness (QED) is 0.708. The third-order valence-electron chi connectivity index (χ3n) is 3.79. The fourth-order valence-electron chi connectivity index (χ4n) is 2.64. The largest absolute Gasteiger partial charge is 0.397 e. The lowest BCUT2D eigenvalue weighted by atomic mass is 9.97. The first kappa shape index (κ1) is 12.7. The summed E-state index contributed by atoms with van der Waals surface area (Å²) in [5, 5.41) is 21.4. The van der Waals surface area contributed by atoms with Crippen LogP contribution in [0.3, 0.4) is 0 Å². The molecule has 4 heteroatoms. The second-order valence-electron chi connectivity index (χ2n) is 4.93. The van der Waals surface area contributed by atoms with Crippen LogP contribution in [0.5, 0.6) is 0 Å². The molecule has 0 aliphatic heterocycles. The minimum absolute atomic E-state index is 0.264. The highest BCUT2D eigenvalue weighted by molar-refractivity contribution is 5.68. The molecule has 18 heavy (non-hydrogen) atoms.